The highest BCUT2D eigenvalue weighted by molar-refractivity contribution is 14.0. The Labute approximate surface area is 195 Å². The largest absolute Gasteiger partial charge is 0.454 e. The highest BCUT2D eigenvalue weighted by Crippen LogP contribution is 2.40. The molecule has 0 saturated carbocycles. The van der Waals surface area contributed by atoms with E-state index < -0.39 is 0 Å². The minimum Gasteiger partial charge on any atom is -0.454 e. The third-order valence-corrected chi connectivity index (χ3v) is 5.86. The lowest BCUT2D eigenvalue weighted by Gasteiger charge is -2.39. The van der Waals surface area contributed by atoms with E-state index in [0.717, 1.165) is 56.6 Å². The van der Waals surface area contributed by atoms with Crippen molar-refractivity contribution < 1.29 is 14.2 Å². The van der Waals surface area contributed by atoms with E-state index >= 15 is 0 Å². The molecular formula is C23H30IN3O3. The summed E-state index contributed by atoms with van der Waals surface area (Å²) in [6.07, 6.45) is 1.91. The molecule has 2 heterocycles. The van der Waals surface area contributed by atoms with E-state index in [0.29, 0.717) is 6.79 Å². The lowest BCUT2D eigenvalue weighted by molar-refractivity contribution is 0.0511. The zero-order valence-corrected chi connectivity index (χ0v) is 19.9. The number of guanidine groups is 1. The highest BCUT2D eigenvalue weighted by atomic mass is 127. The van der Waals surface area contributed by atoms with E-state index in [1.54, 1.807) is 0 Å². The first kappa shape index (κ1) is 22.7. The minimum absolute atomic E-state index is 0. The van der Waals surface area contributed by atoms with Gasteiger partial charge in [0.05, 0.1) is 0 Å². The number of nitrogens with one attached hydrogen (secondary N) is 1. The van der Waals surface area contributed by atoms with Crippen molar-refractivity contribution in [1.29, 1.82) is 0 Å². The van der Waals surface area contributed by atoms with Crippen molar-refractivity contribution in [3.63, 3.8) is 0 Å². The van der Waals surface area contributed by atoms with E-state index in [1.807, 2.05) is 19.2 Å². The van der Waals surface area contributed by atoms with Crippen LogP contribution in [0, 0.1) is 0 Å². The molecule has 2 aliphatic heterocycles. The number of aliphatic imine (C=N–C) groups is 1. The second-order valence-corrected chi connectivity index (χ2v) is 7.70. The molecule has 162 valence electrons. The average molecular weight is 523 g/mol. The van der Waals surface area contributed by atoms with Gasteiger partial charge in [-0.3, -0.25) is 4.99 Å². The monoisotopic (exact) mass is 523 g/mol. The van der Waals surface area contributed by atoms with Gasteiger partial charge in [0.25, 0.3) is 0 Å². The van der Waals surface area contributed by atoms with E-state index in [-0.39, 0.29) is 29.4 Å². The van der Waals surface area contributed by atoms with Crippen LogP contribution in [0.5, 0.6) is 11.5 Å². The maximum Gasteiger partial charge on any atom is 0.231 e. The van der Waals surface area contributed by atoms with Crippen LogP contribution < -0.4 is 14.8 Å². The van der Waals surface area contributed by atoms with Crippen LogP contribution in [-0.4, -0.2) is 51.5 Å². The first-order valence-corrected chi connectivity index (χ1v) is 10.1. The number of halogens is 1. The van der Waals surface area contributed by atoms with Gasteiger partial charge in [0.1, 0.15) is 0 Å². The fraction of sp³-hybridized carbons (Fsp3) is 0.435. The van der Waals surface area contributed by atoms with Crippen LogP contribution >= 0.6 is 24.0 Å². The number of hydrogen-bond acceptors (Lipinski definition) is 4. The number of benzene rings is 2. The zero-order chi connectivity index (χ0) is 20.1. The van der Waals surface area contributed by atoms with Crippen LogP contribution in [-0.2, 0) is 16.7 Å². The molecule has 0 atom stereocenters. The van der Waals surface area contributed by atoms with Crippen molar-refractivity contribution in [2.24, 2.45) is 4.99 Å². The molecule has 2 aromatic carbocycles. The first-order chi connectivity index (χ1) is 14.2. The van der Waals surface area contributed by atoms with Crippen molar-refractivity contribution in [3.05, 3.63) is 59.7 Å². The molecule has 0 aliphatic carbocycles. The number of rotatable bonds is 5. The molecule has 1 saturated heterocycles. The van der Waals surface area contributed by atoms with Crippen molar-refractivity contribution >= 4 is 29.9 Å². The predicted molar refractivity (Wildman–Crippen MR) is 129 cm³/mol. The van der Waals surface area contributed by atoms with Gasteiger partial charge in [0, 0.05) is 45.8 Å². The third kappa shape index (κ3) is 5.00. The van der Waals surface area contributed by atoms with Gasteiger partial charge in [-0.25, -0.2) is 0 Å². The Morgan fingerprint density at radius 2 is 1.80 bits per heavy atom. The molecule has 0 amide bonds. The summed E-state index contributed by atoms with van der Waals surface area (Å²) >= 11 is 0. The lowest BCUT2D eigenvalue weighted by Crippen LogP contribution is -2.48. The smallest absolute Gasteiger partial charge is 0.231 e. The maximum absolute atomic E-state index is 5.67. The molecule has 4 rings (SSSR count). The number of ether oxygens (including phenoxy) is 3. The van der Waals surface area contributed by atoms with Gasteiger partial charge >= 0.3 is 0 Å². The van der Waals surface area contributed by atoms with Crippen LogP contribution in [0.3, 0.4) is 0 Å². The molecule has 0 spiro atoms. The highest BCUT2D eigenvalue weighted by Gasteiger charge is 2.36. The van der Waals surface area contributed by atoms with Gasteiger partial charge < -0.3 is 24.4 Å². The summed E-state index contributed by atoms with van der Waals surface area (Å²) in [6.45, 7) is 3.41. The van der Waals surface area contributed by atoms with Gasteiger partial charge in [-0.05, 0) is 36.1 Å². The van der Waals surface area contributed by atoms with Crippen molar-refractivity contribution in [3.8, 4) is 11.5 Å². The zero-order valence-electron chi connectivity index (χ0n) is 17.6. The molecule has 0 unspecified atom stereocenters. The second-order valence-electron chi connectivity index (χ2n) is 7.70. The van der Waals surface area contributed by atoms with Crippen molar-refractivity contribution in [1.82, 2.24) is 10.2 Å². The Bertz CT molecular complexity index is 854. The molecular weight excluding hydrogens is 493 g/mol. The van der Waals surface area contributed by atoms with Gasteiger partial charge in [0.2, 0.25) is 6.79 Å². The SMILES string of the molecule is CN=C(NCC1(c2ccc3c(c2)OCO3)CCOCC1)N(C)Cc1ccccc1.I. The van der Waals surface area contributed by atoms with Gasteiger partial charge in [-0.2, -0.15) is 0 Å². The summed E-state index contributed by atoms with van der Waals surface area (Å²) in [4.78, 5) is 6.66. The van der Waals surface area contributed by atoms with Gasteiger partial charge in [-0.15, -0.1) is 24.0 Å². The van der Waals surface area contributed by atoms with Crippen LogP contribution in [0.1, 0.15) is 24.0 Å². The Morgan fingerprint density at radius 3 is 2.53 bits per heavy atom. The molecule has 2 aliphatic rings. The number of hydrogen-bond donors (Lipinski definition) is 1. The first-order valence-electron chi connectivity index (χ1n) is 10.1. The Kier molecular flexibility index (Phi) is 7.82. The summed E-state index contributed by atoms with van der Waals surface area (Å²) in [6, 6.07) is 16.8. The van der Waals surface area contributed by atoms with E-state index in [9.17, 15) is 0 Å². The maximum atomic E-state index is 5.67. The van der Waals surface area contributed by atoms with E-state index in [4.69, 9.17) is 14.2 Å². The predicted octanol–water partition coefficient (Wildman–Crippen LogP) is 3.79. The van der Waals surface area contributed by atoms with Crippen LogP contribution in [0.25, 0.3) is 0 Å². The van der Waals surface area contributed by atoms with Crippen molar-refractivity contribution in [2.75, 3.05) is 40.6 Å². The molecule has 1 fully saturated rings. The third-order valence-electron chi connectivity index (χ3n) is 5.86. The number of nitrogens with zero attached hydrogens (tertiary/aromatic N) is 2. The second kappa shape index (κ2) is 10.3. The lowest BCUT2D eigenvalue weighted by atomic mass is 9.74. The molecule has 2 aromatic rings. The standard InChI is InChI=1S/C23H29N3O3.HI/c1-24-22(26(2)15-18-6-4-3-5-7-18)25-16-23(10-12-27-13-11-23)19-8-9-20-21(14-19)29-17-28-20;/h3-9,14H,10-13,15-17H2,1-2H3,(H,24,25);1H. The Morgan fingerprint density at radius 1 is 1.07 bits per heavy atom. The minimum atomic E-state index is -0.0250. The molecule has 0 aromatic heterocycles. The molecule has 7 heteroatoms. The van der Waals surface area contributed by atoms with E-state index in [2.05, 4.69) is 58.7 Å². The molecule has 30 heavy (non-hydrogen) atoms. The summed E-state index contributed by atoms with van der Waals surface area (Å²) in [5.74, 6) is 2.54. The average Bonchev–Trinajstić information content (AvgIpc) is 3.23. The van der Waals surface area contributed by atoms with Gasteiger partial charge in [0.15, 0.2) is 17.5 Å². The molecule has 6 nitrogen and oxygen atoms in total. The van der Waals surface area contributed by atoms with Crippen molar-refractivity contribution in [2.45, 2.75) is 24.8 Å². The van der Waals surface area contributed by atoms with E-state index in [1.165, 1.54) is 11.1 Å². The van der Waals surface area contributed by atoms with Crippen LogP contribution in [0.15, 0.2) is 53.5 Å². The summed E-state index contributed by atoms with van der Waals surface area (Å²) in [5, 5.41) is 3.61. The summed E-state index contributed by atoms with van der Waals surface area (Å²) < 4.78 is 16.8. The fourth-order valence-corrected chi connectivity index (χ4v) is 4.12. The molecule has 0 radical (unpaired) electrons. The summed E-state index contributed by atoms with van der Waals surface area (Å²) in [7, 11) is 3.90. The van der Waals surface area contributed by atoms with Crippen LogP contribution in [0.2, 0.25) is 0 Å². The van der Waals surface area contributed by atoms with Crippen LogP contribution in [0.4, 0.5) is 0 Å². The summed E-state index contributed by atoms with van der Waals surface area (Å²) in [5.41, 5.74) is 2.50. The Hall–Kier alpha value is -2.00. The number of fused-ring (bicyclic) bond motifs is 1. The quantitative estimate of drug-likeness (QED) is 0.368. The normalized spacial score (nSPS) is 17.2. The molecule has 1 N–H and O–H groups in total. The Balaban J connectivity index is 0.00000256. The van der Waals surface area contributed by atoms with Gasteiger partial charge in [-0.1, -0.05) is 36.4 Å². The topological polar surface area (TPSA) is 55.3 Å². The fourth-order valence-electron chi connectivity index (χ4n) is 4.12. The molecule has 0 bridgehead atoms.